The molecule has 1 unspecified atom stereocenters. The van der Waals surface area contributed by atoms with Crippen LogP contribution in [-0.4, -0.2) is 47.0 Å². The number of hydrogen-bond donors (Lipinski definition) is 3. The lowest BCUT2D eigenvalue weighted by Crippen LogP contribution is -2.49. The molecule has 7 nitrogen and oxygen atoms in total. The van der Waals surface area contributed by atoms with Crippen LogP contribution in [0.3, 0.4) is 0 Å². The number of nitrogens with two attached hydrogens (primary N) is 1. The Balaban J connectivity index is 2.61. The number of urea groups is 1. The first-order valence-electron chi connectivity index (χ1n) is 6.03. The number of carbonyl (C=O) groups is 3. The Morgan fingerprint density at radius 2 is 2.17 bits per heavy atom. The summed E-state index contributed by atoms with van der Waals surface area (Å²) in [6.07, 6.45) is 1.68. The summed E-state index contributed by atoms with van der Waals surface area (Å²) < 4.78 is 0. The molecule has 0 aromatic heterocycles. The smallest absolute Gasteiger partial charge is 0.312 e. The second kappa shape index (κ2) is 6.23. The molecule has 1 aliphatic heterocycles. The van der Waals surface area contributed by atoms with E-state index < -0.39 is 24.0 Å². The Kier molecular flexibility index (Phi) is 4.94. The van der Waals surface area contributed by atoms with Gasteiger partial charge in [0.2, 0.25) is 5.91 Å². The van der Waals surface area contributed by atoms with Gasteiger partial charge in [0.1, 0.15) is 6.04 Å². The van der Waals surface area contributed by atoms with Gasteiger partial charge in [0.25, 0.3) is 0 Å². The van der Waals surface area contributed by atoms with E-state index in [1.54, 1.807) is 0 Å². The molecule has 0 bridgehead atoms. The fourth-order valence-corrected chi connectivity index (χ4v) is 2.10. The highest BCUT2D eigenvalue weighted by Crippen LogP contribution is 2.18. The topological polar surface area (TPSA) is 113 Å². The number of carboxylic acids is 1. The number of primary amides is 1. The van der Waals surface area contributed by atoms with E-state index in [4.69, 9.17) is 10.8 Å². The lowest BCUT2D eigenvalue weighted by atomic mass is 10.1. The van der Waals surface area contributed by atoms with Gasteiger partial charge in [-0.05, 0) is 12.8 Å². The van der Waals surface area contributed by atoms with Crippen molar-refractivity contribution in [3.8, 4) is 0 Å². The van der Waals surface area contributed by atoms with Crippen molar-refractivity contribution in [2.45, 2.75) is 32.2 Å². The van der Waals surface area contributed by atoms with Crippen LogP contribution < -0.4 is 11.1 Å². The second-order valence-corrected chi connectivity index (χ2v) is 4.46. The minimum atomic E-state index is -0.889. The summed E-state index contributed by atoms with van der Waals surface area (Å²) in [5.41, 5.74) is 5.02. The van der Waals surface area contributed by atoms with Crippen molar-refractivity contribution in [2.75, 3.05) is 13.1 Å². The van der Waals surface area contributed by atoms with Crippen LogP contribution in [0.5, 0.6) is 0 Å². The van der Waals surface area contributed by atoms with Gasteiger partial charge in [-0.2, -0.15) is 0 Å². The van der Waals surface area contributed by atoms with Crippen LogP contribution in [0.1, 0.15) is 26.2 Å². The normalized spacial score (nSPS) is 20.5. The van der Waals surface area contributed by atoms with Crippen LogP contribution >= 0.6 is 0 Å². The van der Waals surface area contributed by atoms with Crippen molar-refractivity contribution < 1.29 is 19.5 Å². The van der Waals surface area contributed by atoms with E-state index in [0.29, 0.717) is 19.4 Å². The van der Waals surface area contributed by atoms with E-state index in [2.05, 4.69) is 5.32 Å². The Morgan fingerprint density at radius 1 is 1.50 bits per heavy atom. The summed E-state index contributed by atoms with van der Waals surface area (Å²) in [5.74, 6) is -1.65. The quantitative estimate of drug-likeness (QED) is 0.630. The van der Waals surface area contributed by atoms with Crippen molar-refractivity contribution in [3.05, 3.63) is 0 Å². The molecule has 0 saturated carbocycles. The first-order chi connectivity index (χ1) is 8.45. The minimum Gasteiger partial charge on any atom is -0.481 e. The highest BCUT2D eigenvalue weighted by molar-refractivity contribution is 5.87. The van der Waals surface area contributed by atoms with Crippen molar-refractivity contribution in [1.82, 2.24) is 10.2 Å². The van der Waals surface area contributed by atoms with Gasteiger partial charge in [0.05, 0.1) is 5.92 Å². The zero-order valence-electron chi connectivity index (χ0n) is 10.4. The van der Waals surface area contributed by atoms with Gasteiger partial charge in [-0.3, -0.25) is 9.59 Å². The average Bonchev–Trinajstić information content (AvgIpc) is 2.76. The van der Waals surface area contributed by atoms with E-state index in [1.807, 2.05) is 6.92 Å². The number of nitrogens with one attached hydrogen (secondary N) is 1. The van der Waals surface area contributed by atoms with Crippen LogP contribution in [0.25, 0.3) is 0 Å². The van der Waals surface area contributed by atoms with Gasteiger partial charge in [0, 0.05) is 13.1 Å². The van der Waals surface area contributed by atoms with Crippen molar-refractivity contribution in [1.29, 1.82) is 0 Å². The Bertz CT molecular complexity index is 345. The largest absolute Gasteiger partial charge is 0.481 e. The van der Waals surface area contributed by atoms with E-state index in [1.165, 1.54) is 4.90 Å². The third-order valence-corrected chi connectivity index (χ3v) is 3.04. The molecule has 1 saturated heterocycles. The van der Waals surface area contributed by atoms with Crippen LogP contribution in [0.15, 0.2) is 0 Å². The van der Waals surface area contributed by atoms with Crippen LogP contribution in [0.4, 0.5) is 4.79 Å². The molecular weight excluding hydrogens is 238 g/mol. The summed E-state index contributed by atoms with van der Waals surface area (Å²) in [4.78, 5) is 35.2. The SMILES string of the molecule is CCC[C@@H](NC(N)=O)C(=O)N1CCC(C(=O)O)C1. The third kappa shape index (κ3) is 3.61. The Hall–Kier alpha value is -1.79. The molecule has 4 N–H and O–H groups in total. The monoisotopic (exact) mass is 257 g/mol. The first kappa shape index (κ1) is 14.3. The van der Waals surface area contributed by atoms with Gasteiger partial charge in [-0.1, -0.05) is 13.3 Å². The highest BCUT2D eigenvalue weighted by atomic mass is 16.4. The minimum absolute atomic E-state index is 0.203. The summed E-state index contributed by atoms with van der Waals surface area (Å²) >= 11 is 0. The standard InChI is InChI=1S/C11H19N3O4/c1-2-3-8(13-11(12)18)9(15)14-5-4-7(6-14)10(16)17/h7-8H,2-6H2,1H3,(H,16,17)(H3,12,13,18)/t7?,8-/m1/s1. The number of carbonyl (C=O) groups excluding carboxylic acids is 2. The van der Waals surface area contributed by atoms with Gasteiger partial charge in [0.15, 0.2) is 0 Å². The van der Waals surface area contributed by atoms with Crippen LogP contribution in [-0.2, 0) is 9.59 Å². The number of aliphatic carboxylic acids is 1. The molecule has 1 rings (SSSR count). The number of rotatable bonds is 5. The average molecular weight is 257 g/mol. The fraction of sp³-hybridized carbons (Fsp3) is 0.727. The number of carboxylic acid groups (broad SMARTS) is 1. The lowest BCUT2D eigenvalue weighted by molar-refractivity contribution is -0.141. The van der Waals surface area contributed by atoms with E-state index in [-0.39, 0.29) is 12.5 Å². The first-order valence-corrected chi connectivity index (χ1v) is 6.03. The fourth-order valence-electron chi connectivity index (χ4n) is 2.10. The second-order valence-electron chi connectivity index (χ2n) is 4.46. The number of nitrogens with zero attached hydrogens (tertiary/aromatic N) is 1. The number of amides is 3. The molecule has 102 valence electrons. The lowest BCUT2D eigenvalue weighted by Gasteiger charge is -2.23. The van der Waals surface area contributed by atoms with Gasteiger partial charge in [-0.15, -0.1) is 0 Å². The van der Waals surface area contributed by atoms with Gasteiger partial charge in [-0.25, -0.2) is 4.79 Å². The summed E-state index contributed by atoms with van der Waals surface area (Å²) in [5, 5.41) is 11.3. The number of likely N-dealkylation sites (tertiary alicyclic amines) is 1. The molecule has 1 aliphatic rings. The number of hydrogen-bond acceptors (Lipinski definition) is 3. The molecule has 1 fully saturated rings. The maximum atomic E-state index is 12.1. The molecule has 2 atom stereocenters. The predicted molar refractivity (Wildman–Crippen MR) is 63.7 cm³/mol. The van der Waals surface area contributed by atoms with E-state index in [9.17, 15) is 14.4 Å². The van der Waals surface area contributed by atoms with E-state index in [0.717, 1.165) is 6.42 Å². The highest BCUT2D eigenvalue weighted by Gasteiger charge is 2.33. The van der Waals surface area contributed by atoms with Crippen LogP contribution in [0, 0.1) is 5.92 Å². The molecule has 0 spiro atoms. The molecule has 18 heavy (non-hydrogen) atoms. The molecule has 0 aromatic carbocycles. The summed E-state index contributed by atoms with van der Waals surface area (Å²) in [7, 11) is 0. The molecule has 0 radical (unpaired) electrons. The zero-order valence-corrected chi connectivity index (χ0v) is 10.4. The molecule has 7 heteroatoms. The van der Waals surface area contributed by atoms with Gasteiger partial charge < -0.3 is 21.1 Å². The summed E-state index contributed by atoms with van der Waals surface area (Å²) in [6, 6.07) is -1.39. The Morgan fingerprint density at radius 3 is 2.61 bits per heavy atom. The van der Waals surface area contributed by atoms with Crippen molar-refractivity contribution in [2.24, 2.45) is 11.7 Å². The van der Waals surface area contributed by atoms with Gasteiger partial charge >= 0.3 is 12.0 Å². The van der Waals surface area contributed by atoms with Crippen LogP contribution in [0.2, 0.25) is 0 Å². The molecule has 0 aromatic rings. The van der Waals surface area contributed by atoms with Crippen molar-refractivity contribution in [3.63, 3.8) is 0 Å². The Labute approximate surface area is 105 Å². The molecule has 3 amide bonds. The third-order valence-electron chi connectivity index (χ3n) is 3.04. The molecular formula is C11H19N3O4. The molecule has 1 heterocycles. The van der Waals surface area contributed by atoms with Crippen molar-refractivity contribution >= 4 is 17.9 Å². The predicted octanol–water partition coefficient (Wildman–Crippen LogP) is -0.243. The van der Waals surface area contributed by atoms with E-state index >= 15 is 0 Å². The summed E-state index contributed by atoms with van der Waals surface area (Å²) in [6.45, 7) is 2.51. The maximum Gasteiger partial charge on any atom is 0.312 e. The zero-order chi connectivity index (χ0) is 13.7. The molecule has 0 aliphatic carbocycles. The maximum absolute atomic E-state index is 12.1.